The van der Waals surface area contributed by atoms with Crippen molar-refractivity contribution >= 4 is 0 Å². The lowest BCUT2D eigenvalue weighted by atomic mass is 10.0. The van der Waals surface area contributed by atoms with Crippen molar-refractivity contribution in [2.24, 2.45) is 0 Å². The van der Waals surface area contributed by atoms with E-state index >= 15 is 0 Å². The number of hydrogen-bond acceptors (Lipinski definition) is 3. The van der Waals surface area contributed by atoms with Gasteiger partial charge in [-0.15, -0.1) is 0 Å². The van der Waals surface area contributed by atoms with Crippen LogP contribution in [0.4, 0.5) is 0 Å². The van der Waals surface area contributed by atoms with Crippen molar-refractivity contribution in [3.63, 3.8) is 0 Å². The van der Waals surface area contributed by atoms with Crippen LogP contribution in [0.1, 0.15) is 33.1 Å². The number of rotatable bonds is 6. The van der Waals surface area contributed by atoms with E-state index in [9.17, 15) is 0 Å². The first kappa shape index (κ1) is 12.9. The smallest absolute Gasteiger partial charge is 0.0596 e. The molecule has 1 aliphatic rings. The molecule has 1 saturated heterocycles. The average molecular weight is 214 g/mol. The Hall–Kier alpha value is -0.120. The second kappa shape index (κ2) is 7.20. The molecule has 0 aromatic carbocycles. The van der Waals surface area contributed by atoms with Gasteiger partial charge in [-0.1, -0.05) is 6.42 Å². The van der Waals surface area contributed by atoms with Gasteiger partial charge in [0.2, 0.25) is 0 Å². The van der Waals surface area contributed by atoms with Gasteiger partial charge < -0.3 is 15.0 Å². The minimum atomic E-state index is 0.353. The summed E-state index contributed by atoms with van der Waals surface area (Å²) < 4.78 is 5.54. The molecule has 0 amide bonds. The first-order chi connectivity index (χ1) is 7.18. The maximum absolute atomic E-state index is 5.54. The Kier molecular flexibility index (Phi) is 6.22. The van der Waals surface area contributed by atoms with E-state index in [1.165, 1.54) is 25.8 Å². The van der Waals surface area contributed by atoms with E-state index in [4.69, 9.17) is 4.74 Å². The molecule has 0 aromatic rings. The van der Waals surface area contributed by atoms with E-state index in [1.54, 1.807) is 0 Å². The number of piperidine rings is 1. The van der Waals surface area contributed by atoms with Crippen molar-refractivity contribution in [1.29, 1.82) is 0 Å². The van der Waals surface area contributed by atoms with Crippen LogP contribution < -0.4 is 5.32 Å². The second-order valence-corrected chi connectivity index (χ2v) is 4.83. The summed E-state index contributed by atoms with van der Waals surface area (Å²) in [5, 5.41) is 3.57. The summed E-state index contributed by atoms with van der Waals surface area (Å²) in [6.45, 7) is 8.41. The standard InChI is InChI=1S/C12H26N2O/c1-11(2)15-9-8-14(3)10-12-6-4-5-7-13-12/h11-13H,4-10H2,1-3H3. The van der Waals surface area contributed by atoms with E-state index in [0.29, 0.717) is 12.1 Å². The van der Waals surface area contributed by atoms with Crippen LogP contribution in [-0.4, -0.2) is 50.3 Å². The molecule has 1 atom stereocenters. The van der Waals surface area contributed by atoms with Crippen LogP contribution in [0.3, 0.4) is 0 Å². The molecule has 1 aliphatic heterocycles. The molecule has 0 radical (unpaired) electrons. The predicted octanol–water partition coefficient (Wildman–Crippen LogP) is 1.49. The Bertz CT molecular complexity index is 156. The van der Waals surface area contributed by atoms with Crippen LogP contribution >= 0.6 is 0 Å². The van der Waals surface area contributed by atoms with Crippen LogP contribution in [-0.2, 0) is 4.74 Å². The maximum atomic E-state index is 5.54. The minimum Gasteiger partial charge on any atom is -0.377 e. The molecule has 1 N–H and O–H groups in total. The summed E-state index contributed by atoms with van der Waals surface area (Å²) >= 11 is 0. The van der Waals surface area contributed by atoms with Crippen molar-refractivity contribution in [3.05, 3.63) is 0 Å². The normalized spacial score (nSPS) is 22.6. The van der Waals surface area contributed by atoms with E-state index in [0.717, 1.165) is 19.7 Å². The number of nitrogens with one attached hydrogen (secondary N) is 1. The summed E-state index contributed by atoms with van der Waals surface area (Å²) in [4.78, 5) is 2.37. The molecule has 3 nitrogen and oxygen atoms in total. The molecular weight excluding hydrogens is 188 g/mol. The molecule has 0 aliphatic carbocycles. The SMILES string of the molecule is CC(C)OCCN(C)CC1CCCCN1. The van der Waals surface area contributed by atoms with Gasteiger partial charge in [0, 0.05) is 19.1 Å². The quantitative estimate of drug-likeness (QED) is 0.725. The highest BCUT2D eigenvalue weighted by atomic mass is 16.5. The zero-order chi connectivity index (χ0) is 11.1. The van der Waals surface area contributed by atoms with Crippen LogP contribution in [0, 0.1) is 0 Å². The van der Waals surface area contributed by atoms with Gasteiger partial charge in [0.25, 0.3) is 0 Å². The van der Waals surface area contributed by atoms with Crippen molar-refractivity contribution in [2.75, 3.05) is 33.3 Å². The van der Waals surface area contributed by atoms with Gasteiger partial charge in [-0.05, 0) is 40.3 Å². The summed E-state index contributed by atoms with van der Waals surface area (Å²) in [7, 11) is 2.18. The highest BCUT2D eigenvalue weighted by molar-refractivity contribution is 4.74. The Morgan fingerprint density at radius 2 is 2.20 bits per heavy atom. The molecule has 0 saturated carbocycles. The summed E-state index contributed by atoms with van der Waals surface area (Å²) in [6.07, 6.45) is 4.41. The van der Waals surface area contributed by atoms with Crippen molar-refractivity contribution in [3.8, 4) is 0 Å². The monoisotopic (exact) mass is 214 g/mol. The number of ether oxygens (including phenoxy) is 1. The van der Waals surface area contributed by atoms with Crippen LogP contribution in [0.5, 0.6) is 0 Å². The summed E-state index contributed by atoms with van der Waals surface area (Å²) in [5.74, 6) is 0. The zero-order valence-electron chi connectivity index (χ0n) is 10.5. The third-order valence-electron chi connectivity index (χ3n) is 2.87. The molecular formula is C12H26N2O. The molecule has 1 fully saturated rings. The van der Waals surface area contributed by atoms with E-state index in [1.807, 2.05) is 0 Å². The predicted molar refractivity (Wildman–Crippen MR) is 64.2 cm³/mol. The Balaban J connectivity index is 2.03. The van der Waals surface area contributed by atoms with Crippen molar-refractivity contribution < 1.29 is 4.74 Å². The van der Waals surface area contributed by atoms with Gasteiger partial charge in [0.15, 0.2) is 0 Å². The molecule has 0 spiro atoms. The van der Waals surface area contributed by atoms with E-state index in [-0.39, 0.29) is 0 Å². The average Bonchev–Trinajstić information content (AvgIpc) is 2.18. The molecule has 0 bridgehead atoms. The minimum absolute atomic E-state index is 0.353. The molecule has 1 heterocycles. The largest absolute Gasteiger partial charge is 0.377 e. The number of nitrogens with zero attached hydrogens (tertiary/aromatic N) is 1. The summed E-state index contributed by atoms with van der Waals surface area (Å²) in [5.41, 5.74) is 0. The highest BCUT2D eigenvalue weighted by Gasteiger charge is 2.14. The Morgan fingerprint density at radius 3 is 2.80 bits per heavy atom. The van der Waals surface area contributed by atoms with E-state index < -0.39 is 0 Å². The first-order valence-corrected chi connectivity index (χ1v) is 6.22. The van der Waals surface area contributed by atoms with Crippen LogP contribution in [0.2, 0.25) is 0 Å². The fourth-order valence-electron chi connectivity index (χ4n) is 1.99. The molecule has 3 heteroatoms. The van der Waals surface area contributed by atoms with Crippen LogP contribution in [0.15, 0.2) is 0 Å². The molecule has 1 unspecified atom stereocenters. The lowest BCUT2D eigenvalue weighted by Crippen LogP contribution is -2.43. The number of hydrogen-bond donors (Lipinski definition) is 1. The Labute approximate surface area is 94.2 Å². The highest BCUT2D eigenvalue weighted by Crippen LogP contribution is 2.07. The lowest BCUT2D eigenvalue weighted by molar-refractivity contribution is 0.0617. The third kappa shape index (κ3) is 6.13. The fraction of sp³-hybridized carbons (Fsp3) is 1.00. The topological polar surface area (TPSA) is 24.5 Å². The van der Waals surface area contributed by atoms with Gasteiger partial charge in [-0.3, -0.25) is 0 Å². The molecule has 0 aromatic heterocycles. The van der Waals surface area contributed by atoms with Gasteiger partial charge in [0.05, 0.1) is 12.7 Å². The van der Waals surface area contributed by atoms with Gasteiger partial charge in [-0.25, -0.2) is 0 Å². The van der Waals surface area contributed by atoms with E-state index in [2.05, 4.69) is 31.1 Å². The Morgan fingerprint density at radius 1 is 1.40 bits per heavy atom. The fourth-order valence-corrected chi connectivity index (χ4v) is 1.99. The van der Waals surface area contributed by atoms with Crippen LogP contribution in [0.25, 0.3) is 0 Å². The van der Waals surface area contributed by atoms with Gasteiger partial charge in [-0.2, -0.15) is 0 Å². The molecule has 1 rings (SSSR count). The lowest BCUT2D eigenvalue weighted by Gasteiger charge is -2.28. The second-order valence-electron chi connectivity index (χ2n) is 4.83. The van der Waals surface area contributed by atoms with Crippen molar-refractivity contribution in [2.45, 2.75) is 45.3 Å². The summed E-state index contributed by atoms with van der Waals surface area (Å²) in [6, 6.07) is 0.697. The third-order valence-corrected chi connectivity index (χ3v) is 2.87. The molecule has 90 valence electrons. The van der Waals surface area contributed by atoms with Gasteiger partial charge in [0.1, 0.15) is 0 Å². The number of likely N-dealkylation sites (N-methyl/N-ethyl adjacent to an activating group) is 1. The molecule has 15 heavy (non-hydrogen) atoms. The first-order valence-electron chi connectivity index (χ1n) is 6.22. The maximum Gasteiger partial charge on any atom is 0.0596 e. The van der Waals surface area contributed by atoms with Crippen molar-refractivity contribution in [1.82, 2.24) is 10.2 Å². The zero-order valence-corrected chi connectivity index (χ0v) is 10.5. The van der Waals surface area contributed by atoms with Gasteiger partial charge >= 0.3 is 0 Å².